The molecule has 0 aromatic heterocycles. The van der Waals surface area contributed by atoms with Crippen molar-refractivity contribution < 1.29 is 14.6 Å². The van der Waals surface area contributed by atoms with E-state index in [1.807, 2.05) is 12.1 Å². The molecule has 4 heteroatoms. The Morgan fingerprint density at radius 2 is 1.69 bits per heavy atom. The van der Waals surface area contributed by atoms with E-state index in [1.54, 1.807) is 6.07 Å². The lowest BCUT2D eigenvalue weighted by Crippen LogP contribution is -2.33. The Morgan fingerprint density at radius 3 is 2.54 bits per heavy atom. The zero-order valence-corrected chi connectivity index (χ0v) is 20.0. The van der Waals surface area contributed by atoms with Crippen molar-refractivity contribution in [1.29, 1.82) is 0 Å². The Morgan fingerprint density at radius 1 is 0.857 bits per heavy atom. The van der Waals surface area contributed by atoms with Crippen molar-refractivity contribution in [3.05, 3.63) is 95.6 Å². The van der Waals surface area contributed by atoms with Gasteiger partial charge in [-0.25, -0.2) is 0 Å². The summed E-state index contributed by atoms with van der Waals surface area (Å²) in [5.74, 6) is 1.17. The summed E-state index contributed by atoms with van der Waals surface area (Å²) < 4.78 is 12.6. The van der Waals surface area contributed by atoms with Crippen molar-refractivity contribution >= 4 is 10.8 Å². The van der Waals surface area contributed by atoms with Crippen molar-refractivity contribution in [3.63, 3.8) is 0 Å². The lowest BCUT2D eigenvalue weighted by atomic mass is 9.88. The monoisotopic (exact) mass is 465 g/mol. The quantitative estimate of drug-likeness (QED) is 0.356. The van der Waals surface area contributed by atoms with Gasteiger partial charge < -0.3 is 14.6 Å². The second-order valence-corrected chi connectivity index (χ2v) is 9.60. The molecule has 1 N–H and O–H groups in total. The zero-order valence-electron chi connectivity index (χ0n) is 20.0. The van der Waals surface area contributed by atoms with Crippen LogP contribution in [0, 0.1) is 0 Å². The van der Waals surface area contributed by atoms with Gasteiger partial charge in [0.15, 0.2) is 0 Å². The number of likely N-dealkylation sites (tertiary alicyclic amines) is 1. The van der Waals surface area contributed by atoms with Crippen molar-refractivity contribution in [3.8, 4) is 22.6 Å². The molecule has 1 atom stereocenters. The predicted molar refractivity (Wildman–Crippen MR) is 140 cm³/mol. The van der Waals surface area contributed by atoms with Crippen molar-refractivity contribution in [2.45, 2.75) is 32.0 Å². The number of phenolic OH excluding ortho intramolecular Hbond substituents is 1. The third-order valence-electron chi connectivity index (χ3n) is 7.33. The SMILES string of the molecule is Oc1ccc2c3c(ccc2c1)-c1ccccc1COC3c1ccc(OCCN2CCCCC2)cc1. The van der Waals surface area contributed by atoms with Crippen molar-refractivity contribution in [1.82, 2.24) is 4.90 Å². The van der Waals surface area contributed by atoms with Gasteiger partial charge in [-0.1, -0.05) is 61.0 Å². The lowest BCUT2D eigenvalue weighted by molar-refractivity contribution is 0.0701. The molecule has 2 aliphatic rings. The highest BCUT2D eigenvalue weighted by atomic mass is 16.5. The molecule has 1 unspecified atom stereocenters. The van der Waals surface area contributed by atoms with Gasteiger partial charge in [-0.2, -0.15) is 0 Å². The molecule has 0 bridgehead atoms. The molecule has 0 amide bonds. The fourth-order valence-electron chi connectivity index (χ4n) is 5.50. The molecule has 0 saturated carbocycles. The third kappa shape index (κ3) is 4.52. The van der Waals surface area contributed by atoms with Gasteiger partial charge in [-0.15, -0.1) is 0 Å². The van der Waals surface area contributed by atoms with Crippen LogP contribution in [0.15, 0.2) is 78.9 Å². The van der Waals surface area contributed by atoms with Crippen LogP contribution in [-0.4, -0.2) is 36.2 Å². The van der Waals surface area contributed by atoms with Crippen LogP contribution in [0.1, 0.15) is 42.1 Å². The maximum Gasteiger partial charge on any atom is 0.119 e. The van der Waals surface area contributed by atoms with Gasteiger partial charge >= 0.3 is 0 Å². The number of ether oxygens (including phenoxy) is 2. The second kappa shape index (κ2) is 9.73. The number of rotatable bonds is 5. The van der Waals surface area contributed by atoms with Crippen LogP contribution in [0.2, 0.25) is 0 Å². The molecular weight excluding hydrogens is 434 g/mol. The van der Waals surface area contributed by atoms with Crippen molar-refractivity contribution in [2.75, 3.05) is 26.2 Å². The van der Waals surface area contributed by atoms with Gasteiger partial charge in [-0.05, 0) is 83.2 Å². The standard InChI is InChI=1S/C31H31NO3/c33-25-11-15-28-23(20-25)10-14-29-27-7-3-2-6-24(27)21-35-31(30(28)29)22-8-12-26(13-9-22)34-19-18-32-16-4-1-5-17-32/h2-3,6-15,20,31,33H,1,4-5,16-19,21H2. The van der Waals surface area contributed by atoms with Gasteiger partial charge in [-0.3, -0.25) is 4.90 Å². The minimum atomic E-state index is -0.215. The average Bonchev–Trinajstić information content (AvgIpc) is 3.07. The summed E-state index contributed by atoms with van der Waals surface area (Å²) in [6, 6.07) is 26.7. The van der Waals surface area contributed by atoms with Crippen molar-refractivity contribution in [2.24, 2.45) is 0 Å². The maximum atomic E-state index is 10.1. The maximum absolute atomic E-state index is 10.1. The molecule has 0 aliphatic carbocycles. The predicted octanol–water partition coefficient (Wildman–Crippen LogP) is 6.70. The molecule has 0 radical (unpaired) electrons. The minimum absolute atomic E-state index is 0.215. The molecule has 2 aliphatic heterocycles. The average molecular weight is 466 g/mol. The van der Waals surface area contributed by atoms with Gasteiger partial charge in [0.25, 0.3) is 0 Å². The fourth-order valence-corrected chi connectivity index (χ4v) is 5.50. The molecule has 1 saturated heterocycles. The van der Waals surface area contributed by atoms with E-state index < -0.39 is 0 Å². The van der Waals surface area contributed by atoms with E-state index in [0.717, 1.165) is 34.2 Å². The first-order valence-electron chi connectivity index (χ1n) is 12.7. The van der Waals surface area contributed by atoms with E-state index in [4.69, 9.17) is 9.47 Å². The Hall–Kier alpha value is -3.34. The van der Waals surface area contributed by atoms with Crippen LogP contribution < -0.4 is 4.74 Å². The van der Waals surface area contributed by atoms with E-state index in [1.165, 1.54) is 49.0 Å². The third-order valence-corrected chi connectivity index (χ3v) is 7.33. The molecular formula is C31H31NO3. The Bertz CT molecular complexity index is 1330. The van der Waals surface area contributed by atoms with E-state index in [0.29, 0.717) is 13.2 Å². The number of benzene rings is 4. The molecule has 178 valence electrons. The molecule has 4 nitrogen and oxygen atoms in total. The first-order valence-corrected chi connectivity index (χ1v) is 12.7. The van der Waals surface area contributed by atoms with Crippen LogP contribution >= 0.6 is 0 Å². The van der Waals surface area contributed by atoms with E-state index in [2.05, 4.69) is 65.6 Å². The Balaban J connectivity index is 1.31. The molecule has 4 aromatic rings. The number of phenols is 1. The van der Waals surface area contributed by atoms with Crippen LogP contribution in [0.5, 0.6) is 11.5 Å². The van der Waals surface area contributed by atoms with E-state index in [-0.39, 0.29) is 11.9 Å². The summed E-state index contributed by atoms with van der Waals surface area (Å²) in [5, 5.41) is 12.2. The first-order chi connectivity index (χ1) is 17.3. The number of aromatic hydroxyl groups is 1. The minimum Gasteiger partial charge on any atom is -0.508 e. The summed E-state index contributed by atoms with van der Waals surface area (Å²) in [5.41, 5.74) is 5.82. The molecule has 4 aromatic carbocycles. The second-order valence-electron chi connectivity index (χ2n) is 9.60. The van der Waals surface area contributed by atoms with E-state index in [9.17, 15) is 5.11 Å². The summed E-state index contributed by atoms with van der Waals surface area (Å²) in [4.78, 5) is 2.49. The molecule has 0 spiro atoms. The van der Waals surface area contributed by atoms with Gasteiger partial charge in [0.2, 0.25) is 0 Å². The van der Waals surface area contributed by atoms with Crippen LogP contribution in [0.3, 0.4) is 0 Å². The van der Waals surface area contributed by atoms with Gasteiger partial charge in [0.1, 0.15) is 24.2 Å². The fraction of sp³-hybridized carbons (Fsp3) is 0.290. The number of fused-ring (bicyclic) bond motifs is 5. The largest absolute Gasteiger partial charge is 0.508 e. The van der Waals surface area contributed by atoms with Crippen LogP contribution in [-0.2, 0) is 11.3 Å². The summed E-state index contributed by atoms with van der Waals surface area (Å²) >= 11 is 0. The Labute approximate surface area is 206 Å². The first kappa shape index (κ1) is 22.1. The highest BCUT2D eigenvalue weighted by Crippen LogP contribution is 2.44. The number of piperidine rings is 1. The van der Waals surface area contributed by atoms with Crippen LogP contribution in [0.4, 0.5) is 0 Å². The highest BCUT2D eigenvalue weighted by Gasteiger charge is 2.26. The van der Waals surface area contributed by atoms with Gasteiger partial charge in [0, 0.05) is 12.1 Å². The summed E-state index contributed by atoms with van der Waals surface area (Å²) in [6.45, 7) is 4.62. The molecule has 1 fully saturated rings. The summed E-state index contributed by atoms with van der Waals surface area (Å²) in [6.07, 6.45) is 3.74. The van der Waals surface area contributed by atoms with Gasteiger partial charge in [0.05, 0.1) is 6.61 Å². The topological polar surface area (TPSA) is 41.9 Å². The highest BCUT2D eigenvalue weighted by molar-refractivity contribution is 5.94. The number of hydrogen-bond acceptors (Lipinski definition) is 4. The number of nitrogens with zero attached hydrogens (tertiary/aromatic N) is 1. The lowest BCUT2D eigenvalue weighted by Gasteiger charge is -2.26. The normalized spacial score (nSPS) is 18.0. The molecule has 35 heavy (non-hydrogen) atoms. The van der Waals surface area contributed by atoms with Crippen LogP contribution in [0.25, 0.3) is 21.9 Å². The molecule has 6 rings (SSSR count). The summed E-state index contributed by atoms with van der Waals surface area (Å²) in [7, 11) is 0. The number of hydrogen-bond donors (Lipinski definition) is 1. The smallest absolute Gasteiger partial charge is 0.119 e. The molecule has 2 heterocycles. The Kier molecular flexibility index (Phi) is 6.15. The zero-order chi connectivity index (χ0) is 23.6. The van der Waals surface area contributed by atoms with E-state index >= 15 is 0 Å².